The number of nitrogens with one attached hydrogen (secondary N) is 1. The van der Waals surface area contributed by atoms with Gasteiger partial charge in [-0.3, -0.25) is 4.79 Å². The van der Waals surface area contributed by atoms with Crippen LogP contribution in [0.25, 0.3) is 6.08 Å². The maximum Gasteiger partial charge on any atom is 0.244 e. The fourth-order valence-corrected chi connectivity index (χ4v) is 2.77. The van der Waals surface area contributed by atoms with Crippen molar-refractivity contribution in [3.63, 3.8) is 0 Å². The fourth-order valence-electron chi connectivity index (χ4n) is 2.77. The standard InChI is InChI=1S/C19H24N2O3/c1-3-12-24-17-10-8-14(13-18(17)23-2)9-11-19(22)21-16-7-5-4-6-15(16)20/h1,8-11,13,15-16H,4-7,12,20H2,2H3,(H,21,22)/b11-9+/t15-,16-/m1/s1. The van der Waals surface area contributed by atoms with Crippen LogP contribution in [0.1, 0.15) is 31.2 Å². The monoisotopic (exact) mass is 328 g/mol. The van der Waals surface area contributed by atoms with Gasteiger partial charge in [-0.25, -0.2) is 0 Å². The van der Waals surface area contributed by atoms with Crippen LogP contribution in [-0.2, 0) is 4.79 Å². The van der Waals surface area contributed by atoms with Crippen LogP contribution < -0.4 is 20.5 Å². The first kappa shape index (κ1) is 17.9. The molecule has 0 heterocycles. The molecule has 24 heavy (non-hydrogen) atoms. The molecule has 1 aromatic carbocycles. The normalized spacial score (nSPS) is 20.4. The van der Waals surface area contributed by atoms with E-state index in [2.05, 4.69) is 11.2 Å². The van der Waals surface area contributed by atoms with E-state index in [-0.39, 0.29) is 24.6 Å². The van der Waals surface area contributed by atoms with E-state index in [0.29, 0.717) is 11.5 Å². The van der Waals surface area contributed by atoms with Gasteiger partial charge in [-0.15, -0.1) is 6.42 Å². The summed E-state index contributed by atoms with van der Waals surface area (Å²) in [5.74, 6) is 3.42. The van der Waals surface area contributed by atoms with Gasteiger partial charge in [0.25, 0.3) is 0 Å². The Labute approximate surface area is 143 Å². The summed E-state index contributed by atoms with van der Waals surface area (Å²) in [5.41, 5.74) is 6.88. The van der Waals surface area contributed by atoms with Crippen LogP contribution in [0.3, 0.4) is 0 Å². The molecule has 1 saturated carbocycles. The second-order valence-electron chi connectivity index (χ2n) is 5.80. The summed E-state index contributed by atoms with van der Waals surface area (Å²) in [6.45, 7) is 0.176. The number of amides is 1. The van der Waals surface area contributed by atoms with Gasteiger partial charge in [0.2, 0.25) is 5.91 Å². The highest BCUT2D eigenvalue weighted by atomic mass is 16.5. The molecule has 0 radical (unpaired) electrons. The second-order valence-corrected chi connectivity index (χ2v) is 5.80. The average Bonchev–Trinajstić information content (AvgIpc) is 2.60. The summed E-state index contributed by atoms with van der Waals surface area (Å²) in [6, 6.07) is 5.51. The molecule has 0 unspecified atom stereocenters. The highest BCUT2D eigenvalue weighted by Crippen LogP contribution is 2.28. The molecule has 0 aromatic heterocycles. The number of carbonyl (C=O) groups is 1. The van der Waals surface area contributed by atoms with Crippen molar-refractivity contribution < 1.29 is 14.3 Å². The Morgan fingerprint density at radius 3 is 2.92 bits per heavy atom. The molecule has 0 aliphatic heterocycles. The maximum atomic E-state index is 12.1. The largest absolute Gasteiger partial charge is 0.493 e. The Balaban J connectivity index is 1.97. The van der Waals surface area contributed by atoms with Crippen molar-refractivity contribution in [1.29, 1.82) is 0 Å². The lowest BCUT2D eigenvalue weighted by Gasteiger charge is -2.28. The second kappa shape index (κ2) is 8.99. The van der Waals surface area contributed by atoms with Gasteiger partial charge in [0.15, 0.2) is 11.5 Å². The van der Waals surface area contributed by atoms with Crippen molar-refractivity contribution in [3.05, 3.63) is 29.8 Å². The van der Waals surface area contributed by atoms with E-state index in [1.807, 2.05) is 6.07 Å². The molecule has 5 nitrogen and oxygen atoms in total. The van der Waals surface area contributed by atoms with Crippen molar-refractivity contribution in [1.82, 2.24) is 5.32 Å². The molecule has 2 rings (SSSR count). The Bertz CT molecular complexity index is 634. The number of rotatable bonds is 6. The highest BCUT2D eigenvalue weighted by molar-refractivity contribution is 5.92. The van der Waals surface area contributed by atoms with Crippen LogP contribution in [0.4, 0.5) is 0 Å². The summed E-state index contributed by atoms with van der Waals surface area (Å²) in [6.07, 6.45) is 12.6. The fraction of sp³-hybridized carbons (Fsp3) is 0.421. The zero-order chi connectivity index (χ0) is 17.4. The number of terminal acetylenes is 1. The SMILES string of the molecule is C#CCOc1ccc(/C=C/C(=O)N[C@@H]2CCCC[C@H]2N)cc1OC. The first-order valence-electron chi connectivity index (χ1n) is 8.12. The highest BCUT2D eigenvalue weighted by Gasteiger charge is 2.22. The summed E-state index contributed by atoms with van der Waals surface area (Å²) in [4.78, 5) is 12.1. The van der Waals surface area contributed by atoms with Gasteiger partial charge >= 0.3 is 0 Å². The topological polar surface area (TPSA) is 73.6 Å². The Morgan fingerprint density at radius 1 is 1.42 bits per heavy atom. The zero-order valence-electron chi connectivity index (χ0n) is 14.0. The molecule has 1 aliphatic rings. The summed E-state index contributed by atoms with van der Waals surface area (Å²) in [5, 5.41) is 2.98. The minimum atomic E-state index is -0.135. The minimum Gasteiger partial charge on any atom is -0.493 e. The van der Waals surface area contributed by atoms with Crippen LogP contribution in [0.2, 0.25) is 0 Å². The predicted octanol–water partition coefficient (Wildman–Crippen LogP) is 2.11. The van der Waals surface area contributed by atoms with Gasteiger partial charge in [0.1, 0.15) is 6.61 Å². The van der Waals surface area contributed by atoms with Gasteiger partial charge in [-0.2, -0.15) is 0 Å². The van der Waals surface area contributed by atoms with Gasteiger partial charge < -0.3 is 20.5 Å². The van der Waals surface area contributed by atoms with Crippen molar-refractivity contribution in [2.24, 2.45) is 5.73 Å². The quantitative estimate of drug-likeness (QED) is 0.619. The lowest BCUT2D eigenvalue weighted by atomic mass is 9.91. The molecule has 0 spiro atoms. The average molecular weight is 328 g/mol. The number of hydrogen-bond acceptors (Lipinski definition) is 4. The number of nitrogens with two attached hydrogens (primary N) is 1. The molecular formula is C19H24N2O3. The Morgan fingerprint density at radius 2 is 2.21 bits per heavy atom. The number of ether oxygens (including phenoxy) is 2. The van der Waals surface area contributed by atoms with Gasteiger partial charge in [-0.1, -0.05) is 24.8 Å². The molecule has 128 valence electrons. The summed E-state index contributed by atoms with van der Waals surface area (Å²) in [7, 11) is 1.56. The third-order valence-electron chi connectivity index (χ3n) is 4.07. The lowest BCUT2D eigenvalue weighted by Crippen LogP contribution is -2.48. The Hall–Kier alpha value is -2.45. The molecule has 5 heteroatoms. The number of benzene rings is 1. The van der Waals surface area contributed by atoms with Crippen LogP contribution >= 0.6 is 0 Å². The van der Waals surface area contributed by atoms with Crippen molar-refractivity contribution >= 4 is 12.0 Å². The van der Waals surface area contributed by atoms with Crippen LogP contribution in [0.15, 0.2) is 24.3 Å². The van der Waals surface area contributed by atoms with Crippen molar-refractivity contribution in [2.45, 2.75) is 37.8 Å². The summed E-state index contributed by atoms with van der Waals surface area (Å²) >= 11 is 0. The molecule has 0 saturated heterocycles. The van der Waals surface area contributed by atoms with Gasteiger partial charge in [0.05, 0.1) is 7.11 Å². The van der Waals surface area contributed by atoms with E-state index in [1.54, 1.807) is 25.3 Å². The Kier molecular flexibility index (Phi) is 6.71. The molecule has 0 bridgehead atoms. The van der Waals surface area contributed by atoms with E-state index in [1.165, 1.54) is 6.08 Å². The summed E-state index contributed by atoms with van der Waals surface area (Å²) < 4.78 is 10.7. The van der Waals surface area contributed by atoms with Crippen molar-refractivity contribution in [3.8, 4) is 23.8 Å². The molecule has 1 aromatic rings. The van der Waals surface area contributed by atoms with E-state index >= 15 is 0 Å². The van der Waals surface area contributed by atoms with Gasteiger partial charge in [-0.05, 0) is 36.6 Å². The van der Waals surface area contributed by atoms with Crippen LogP contribution in [-0.4, -0.2) is 31.7 Å². The third kappa shape index (κ3) is 5.04. The maximum absolute atomic E-state index is 12.1. The van der Waals surface area contributed by atoms with Crippen LogP contribution in [0.5, 0.6) is 11.5 Å². The molecule has 1 fully saturated rings. The number of hydrogen-bond donors (Lipinski definition) is 2. The minimum absolute atomic E-state index is 0.0452. The lowest BCUT2D eigenvalue weighted by molar-refractivity contribution is -0.117. The number of methoxy groups -OCH3 is 1. The first-order chi connectivity index (χ1) is 11.6. The van der Waals surface area contributed by atoms with E-state index in [4.69, 9.17) is 21.6 Å². The van der Waals surface area contributed by atoms with E-state index in [0.717, 1.165) is 31.2 Å². The number of carbonyl (C=O) groups excluding carboxylic acids is 1. The first-order valence-corrected chi connectivity index (χ1v) is 8.12. The van der Waals surface area contributed by atoms with Crippen molar-refractivity contribution in [2.75, 3.05) is 13.7 Å². The third-order valence-corrected chi connectivity index (χ3v) is 4.07. The molecule has 1 amide bonds. The zero-order valence-corrected chi connectivity index (χ0v) is 14.0. The smallest absolute Gasteiger partial charge is 0.244 e. The molecule has 2 atom stereocenters. The predicted molar refractivity (Wildman–Crippen MR) is 94.7 cm³/mol. The van der Waals surface area contributed by atoms with E-state index < -0.39 is 0 Å². The molecular weight excluding hydrogens is 304 g/mol. The molecule has 1 aliphatic carbocycles. The van der Waals surface area contributed by atoms with E-state index in [9.17, 15) is 4.79 Å². The van der Waals surface area contributed by atoms with Gasteiger partial charge in [0, 0.05) is 18.2 Å². The molecule has 3 N–H and O–H groups in total. The van der Waals surface area contributed by atoms with Crippen LogP contribution in [0, 0.1) is 12.3 Å².